The van der Waals surface area contributed by atoms with Crippen molar-refractivity contribution >= 4 is 23.2 Å². The molecule has 0 saturated carbocycles. The first-order valence-corrected chi connectivity index (χ1v) is 6.83. The second kappa shape index (κ2) is 6.66. The van der Waals surface area contributed by atoms with Crippen LogP contribution in [0.15, 0.2) is 30.3 Å². The van der Waals surface area contributed by atoms with E-state index in [1.807, 2.05) is 0 Å². The Morgan fingerprint density at radius 2 is 1.91 bits per heavy atom. The van der Waals surface area contributed by atoms with Gasteiger partial charge in [0.25, 0.3) is 5.91 Å². The monoisotopic (exact) mass is 323 g/mol. The average Bonchev–Trinajstić information content (AvgIpc) is 2.49. The molecule has 0 fully saturated rings. The number of hydrogen-bond acceptors (Lipinski definition) is 3. The van der Waals surface area contributed by atoms with Gasteiger partial charge in [-0.05, 0) is 36.8 Å². The number of rotatable bonds is 4. The van der Waals surface area contributed by atoms with Crippen molar-refractivity contribution in [1.29, 1.82) is 0 Å². The van der Waals surface area contributed by atoms with E-state index in [4.69, 9.17) is 21.1 Å². The van der Waals surface area contributed by atoms with Crippen molar-refractivity contribution in [2.75, 3.05) is 19.5 Å². The molecule has 0 saturated heterocycles. The molecule has 2 aromatic carbocycles. The molecule has 0 unspecified atom stereocenters. The lowest BCUT2D eigenvalue weighted by atomic mass is 10.1. The molecule has 0 aliphatic rings. The number of carbonyl (C=O) groups is 1. The number of nitrogens with one attached hydrogen (secondary N) is 1. The van der Waals surface area contributed by atoms with E-state index < -0.39 is 11.7 Å². The number of carbonyl (C=O) groups excluding carboxylic acids is 1. The summed E-state index contributed by atoms with van der Waals surface area (Å²) in [4.78, 5) is 12.2. The first kappa shape index (κ1) is 16.1. The zero-order valence-corrected chi connectivity index (χ0v) is 13.1. The number of halogens is 2. The van der Waals surface area contributed by atoms with Crippen LogP contribution < -0.4 is 14.8 Å². The van der Waals surface area contributed by atoms with Crippen LogP contribution in [0.4, 0.5) is 10.1 Å². The summed E-state index contributed by atoms with van der Waals surface area (Å²) in [6, 6.07) is 7.47. The lowest BCUT2D eigenvalue weighted by molar-refractivity contribution is 0.102. The van der Waals surface area contributed by atoms with Gasteiger partial charge in [0.05, 0.1) is 24.9 Å². The molecule has 0 radical (unpaired) electrons. The standard InChI is InChI=1S/C16H15ClFNO3/c1-9-4-5-13(12(18)6-9)19-16(20)10-7-11(17)15(22-3)14(8-10)21-2/h4-8H,1-3H3,(H,19,20). The Kier molecular flexibility index (Phi) is 4.88. The van der Waals surface area contributed by atoms with Gasteiger partial charge in [0.2, 0.25) is 0 Å². The number of ether oxygens (including phenoxy) is 2. The van der Waals surface area contributed by atoms with Crippen molar-refractivity contribution < 1.29 is 18.7 Å². The lowest BCUT2D eigenvalue weighted by Gasteiger charge is -2.12. The predicted molar refractivity (Wildman–Crippen MR) is 83.6 cm³/mol. The summed E-state index contributed by atoms with van der Waals surface area (Å²) in [5.74, 6) is -0.336. The molecule has 116 valence electrons. The third-order valence-corrected chi connectivity index (χ3v) is 3.35. The molecule has 0 aromatic heterocycles. The molecule has 0 atom stereocenters. The molecule has 0 aliphatic carbocycles. The van der Waals surface area contributed by atoms with Crippen LogP contribution in [0, 0.1) is 12.7 Å². The molecule has 2 aromatic rings. The molecule has 6 heteroatoms. The van der Waals surface area contributed by atoms with Gasteiger partial charge in [-0.1, -0.05) is 17.7 Å². The van der Waals surface area contributed by atoms with Crippen molar-refractivity contribution in [3.63, 3.8) is 0 Å². The van der Waals surface area contributed by atoms with E-state index in [9.17, 15) is 9.18 Å². The van der Waals surface area contributed by atoms with E-state index >= 15 is 0 Å². The molecule has 22 heavy (non-hydrogen) atoms. The Bertz CT molecular complexity index is 719. The maximum Gasteiger partial charge on any atom is 0.255 e. The minimum Gasteiger partial charge on any atom is -0.493 e. The highest BCUT2D eigenvalue weighted by atomic mass is 35.5. The van der Waals surface area contributed by atoms with Crippen molar-refractivity contribution in [1.82, 2.24) is 0 Å². The quantitative estimate of drug-likeness (QED) is 0.923. The molecule has 0 aliphatic heterocycles. The van der Waals surface area contributed by atoms with Crippen LogP contribution in [-0.4, -0.2) is 20.1 Å². The highest BCUT2D eigenvalue weighted by Crippen LogP contribution is 2.36. The van der Waals surface area contributed by atoms with Crippen molar-refractivity contribution in [2.45, 2.75) is 6.92 Å². The molecule has 0 bridgehead atoms. The van der Waals surface area contributed by atoms with E-state index in [0.29, 0.717) is 11.5 Å². The first-order valence-electron chi connectivity index (χ1n) is 6.45. The van der Waals surface area contributed by atoms with Gasteiger partial charge in [-0.2, -0.15) is 0 Å². The number of amides is 1. The van der Waals surface area contributed by atoms with Crippen LogP contribution in [0.1, 0.15) is 15.9 Å². The van der Waals surface area contributed by atoms with Crippen molar-refractivity contribution in [3.05, 3.63) is 52.3 Å². The molecular weight excluding hydrogens is 309 g/mol. The first-order chi connectivity index (χ1) is 10.5. The summed E-state index contributed by atoms with van der Waals surface area (Å²) in [5, 5.41) is 2.73. The fourth-order valence-electron chi connectivity index (χ4n) is 1.97. The Morgan fingerprint density at radius 1 is 1.18 bits per heavy atom. The van der Waals surface area contributed by atoms with Gasteiger partial charge >= 0.3 is 0 Å². The topological polar surface area (TPSA) is 47.6 Å². The highest BCUT2D eigenvalue weighted by molar-refractivity contribution is 6.32. The zero-order valence-electron chi connectivity index (χ0n) is 12.4. The number of aryl methyl sites for hydroxylation is 1. The highest BCUT2D eigenvalue weighted by Gasteiger charge is 2.16. The Hall–Kier alpha value is -2.27. The Balaban J connectivity index is 2.31. The van der Waals surface area contributed by atoms with Crippen LogP contribution in [0.2, 0.25) is 5.02 Å². The Labute approximate surface area is 132 Å². The smallest absolute Gasteiger partial charge is 0.255 e. The number of anilines is 1. The average molecular weight is 324 g/mol. The van der Waals surface area contributed by atoms with Crippen LogP contribution >= 0.6 is 11.6 Å². The lowest BCUT2D eigenvalue weighted by Crippen LogP contribution is -2.13. The third-order valence-electron chi connectivity index (χ3n) is 3.07. The van der Waals surface area contributed by atoms with E-state index in [-0.39, 0.29) is 16.3 Å². The minimum atomic E-state index is -0.500. The summed E-state index contributed by atoms with van der Waals surface area (Å²) in [7, 11) is 2.89. The molecule has 0 heterocycles. The van der Waals surface area contributed by atoms with Crippen LogP contribution in [0.25, 0.3) is 0 Å². The number of benzene rings is 2. The largest absolute Gasteiger partial charge is 0.493 e. The van der Waals surface area contributed by atoms with Gasteiger partial charge < -0.3 is 14.8 Å². The third kappa shape index (κ3) is 3.31. The summed E-state index contributed by atoms with van der Waals surface area (Å²) in [6.07, 6.45) is 0. The van der Waals surface area contributed by atoms with Gasteiger partial charge in [0.15, 0.2) is 11.5 Å². The molecule has 0 spiro atoms. The maximum atomic E-state index is 13.8. The van der Waals surface area contributed by atoms with Crippen LogP contribution in [-0.2, 0) is 0 Å². The fourth-order valence-corrected chi connectivity index (χ4v) is 2.25. The SMILES string of the molecule is COc1cc(C(=O)Nc2ccc(C)cc2F)cc(Cl)c1OC. The van der Waals surface area contributed by atoms with Crippen LogP contribution in [0.3, 0.4) is 0 Å². The molecule has 1 N–H and O–H groups in total. The van der Waals surface area contributed by atoms with Gasteiger partial charge in [-0.15, -0.1) is 0 Å². The normalized spacial score (nSPS) is 10.2. The summed E-state index contributed by atoms with van der Waals surface area (Å²) < 4.78 is 24.0. The van der Waals surface area contributed by atoms with E-state index in [2.05, 4.69) is 5.32 Å². The molecule has 2 rings (SSSR count). The summed E-state index contributed by atoms with van der Waals surface area (Å²) in [5.41, 5.74) is 1.11. The van der Waals surface area contributed by atoms with Crippen LogP contribution in [0.5, 0.6) is 11.5 Å². The summed E-state index contributed by atoms with van der Waals surface area (Å²) in [6.45, 7) is 1.77. The Morgan fingerprint density at radius 3 is 2.50 bits per heavy atom. The van der Waals surface area contributed by atoms with Gasteiger partial charge in [-0.3, -0.25) is 4.79 Å². The number of hydrogen-bond donors (Lipinski definition) is 1. The van der Waals surface area contributed by atoms with Gasteiger partial charge in [0.1, 0.15) is 5.82 Å². The summed E-state index contributed by atoms with van der Waals surface area (Å²) >= 11 is 6.05. The fraction of sp³-hybridized carbons (Fsp3) is 0.188. The number of methoxy groups -OCH3 is 2. The second-order valence-corrected chi connectivity index (χ2v) is 5.04. The van der Waals surface area contributed by atoms with Crippen molar-refractivity contribution in [3.8, 4) is 11.5 Å². The zero-order chi connectivity index (χ0) is 16.3. The van der Waals surface area contributed by atoms with Crippen molar-refractivity contribution in [2.24, 2.45) is 0 Å². The minimum absolute atomic E-state index is 0.0986. The van der Waals surface area contributed by atoms with E-state index in [1.165, 1.54) is 38.5 Å². The van der Waals surface area contributed by atoms with E-state index in [0.717, 1.165) is 5.56 Å². The van der Waals surface area contributed by atoms with Gasteiger partial charge in [0, 0.05) is 5.56 Å². The molecular formula is C16H15ClFNO3. The predicted octanol–water partition coefficient (Wildman–Crippen LogP) is 4.06. The maximum absolute atomic E-state index is 13.8. The van der Waals surface area contributed by atoms with E-state index in [1.54, 1.807) is 13.0 Å². The molecule has 4 nitrogen and oxygen atoms in total. The van der Waals surface area contributed by atoms with Gasteiger partial charge in [-0.25, -0.2) is 4.39 Å². The molecule has 1 amide bonds. The second-order valence-electron chi connectivity index (χ2n) is 4.63.